The highest BCUT2D eigenvalue weighted by atomic mass is 79.9. The summed E-state index contributed by atoms with van der Waals surface area (Å²) in [6.45, 7) is 9.64. The molecule has 2 aromatic carbocycles. The van der Waals surface area contributed by atoms with E-state index >= 15 is 0 Å². The van der Waals surface area contributed by atoms with Crippen molar-refractivity contribution < 1.29 is 0 Å². The summed E-state index contributed by atoms with van der Waals surface area (Å²) in [5.41, 5.74) is 6.66. The Morgan fingerprint density at radius 2 is 1.43 bits per heavy atom. The van der Waals surface area contributed by atoms with E-state index in [1.807, 2.05) is 0 Å². The van der Waals surface area contributed by atoms with Crippen LogP contribution in [0.4, 0.5) is 0 Å². The summed E-state index contributed by atoms with van der Waals surface area (Å²) >= 11 is 7.19. The molecule has 0 bridgehead atoms. The number of nitrogens with one attached hydrogen (secondary N) is 1. The summed E-state index contributed by atoms with van der Waals surface area (Å²) in [4.78, 5) is 0. The number of aryl methyl sites for hydroxylation is 3. The lowest BCUT2D eigenvalue weighted by atomic mass is 9.90. The Hall–Kier alpha value is -0.640. The van der Waals surface area contributed by atoms with Crippen molar-refractivity contribution in [3.63, 3.8) is 0 Å². The first-order valence-corrected chi connectivity index (χ1v) is 8.78. The molecule has 0 spiro atoms. The smallest absolute Gasteiger partial charge is 0.0582 e. The van der Waals surface area contributed by atoms with Gasteiger partial charge in [-0.25, -0.2) is 0 Å². The van der Waals surface area contributed by atoms with Gasteiger partial charge >= 0.3 is 0 Å². The Balaban J connectivity index is 2.58. The molecule has 0 saturated carbocycles. The van der Waals surface area contributed by atoms with E-state index < -0.39 is 0 Å². The quantitative estimate of drug-likeness (QED) is 0.667. The van der Waals surface area contributed by atoms with Gasteiger partial charge in [-0.15, -0.1) is 0 Å². The van der Waals surface area contributed by atoms with Gasteiger partial charge in [0.15, 0.2) is 0 Å². The maximum Gasteiger partial charge on any atom is 0.0582 e. The van der Waals surface area contributed by atoms with E-state index in [4.69, 9.17) is 0 Å². The minimum atomic E-state index is 0.212. The van der Waals surface area contributed by atoms with Gasteiger partial charge in [-0.3, -0.25) is 0 Å². The molecule has 0 aliphatic rings. The van der Waals surface area contributed by atoms with Gasteiger partial charge in [0.2, 0.25) is 0 Å². The van der Waals surface area contributed by atoms with Crippen molar-refractivity contribution in [1.82, 2.24) is 5.32 Å². The van der Waals surface area contributed by atoms with E-state index in [2.05, 4.69) is 95.2 Å². The maximum absolute atomic E-state index is 3.63. The zero-order valence-electron chi connectivity index (χ0n) is 12.9. The van der Waals surface area contributed by atoms with Crippen molar-refractivity contribution in [2.75, 3.05) is 6.54 Å². The van der Waals surface area contributed by atoms with Crippen LogP contribution in [0.15, 0.2) is 39.3 Å². The SMILES string of the molecule is CCNC(c1cc(Br)cc(Br)c1)c1c(C)cc(C)cc1C. The average molecular weight is 411 g/mol. The number of benzene rings is 2. The summed E-state index contributed by atoms with van der Waals surface area (Å²) in [6.07, 6.45) is 0. The Labute approximate surface area is 144 Å². The number of hydrogen-bond donors (Lipinski definition) is 1. The van der Waals surface area contributed by atoms with Crippen LogP contribution in [0.5, 0.6) is 0 Å². The molecule has 0 aliphatic carbocycles. The van der Waals surface area contributed by atoms with Gasteiger partial charge in [-0.1, -0.05) is 56.5 Å². The molecule has 0 radical (unpaired) electrons. The van der Waals surface area contributed by atoms with Crippen LogP contribution >= 0.6 is 31.9 Å². The van der Waals surface area contributed by atoms with E-state index in [1.165, 1.54) is 27.8 Å². The lowest BCUT2D eigenvalue weighted by Crippen LogP contribution is -2.23. The zero-order valence-corrected chi connectivity index (χ0v) is 16.1. The van der Waals surface area contributed by atoms with E-state index in [9.17, 15) is 0 Å². The molecule has 1 N–H and O–H groups in total. The molecular formula is C18H21Br2N. The normalized spacial score (nSPS) is 12.5. The van der Waals surface area contributed by atoms with Crippen LogP contribution in [0.1, 0.15) is 40.8 Å². The highest BCUT2D eigenvalue weighted by Gasteiger charge is 2.18. The third-order valence-corrected chi connectivity index (χ3v) is 4.57. The molecule has 112 valence electrons. The first-order valence-electron chi connectivity index (χ1n) is 7.19. The molecular weight excluding hydrogens is 390 g/mol. The Kier molecular flexibility index (Phi) is 5.64. The highest BCUT2D eigenvalue weighted by Crippen LogP contribution is 2.32. The van der Waals surface area contributed by atoms with Crippen LogP contribution < -0.4 is 5.32 Å². The van der Waals surface area contributed by atoms with Crippen molar-refractivity contribution in [3.05, 3.63) is 67.1 Å². The van der Waals surface area contributed by atoms with Crippen molar-refractivity contribution in [2.45, 2.75) is 33.7 Å². The van der Waals surface area contributed by atoms with Crippen LogP contribution in [0.25, 0.3) is 0 Å². The molecule has 0 fully saturated rings. The third kappa shape index (κ3) is 3.97. The minimum Gasteiger partial charge on any atom is -0.307 e. The van der Waals surface area contributed by atoms with Crippen LogP contribution in [0.2, 0.25) is 0 Å². The fourth-order valence-electron chi connectivity index (χ4n) is 2.98. The standard InChI is InChI=1S/C18H21Br2N/c1-5-21-18(14-8-15(19)10-16(20)9-14)17-12(3)6-11(2)7-13(17)4/h6-10,18,21H,5H2,1-4H3. The number of rotatable bonds is 4. The molecule has 0 amide bonds. The van der Waals surface area contributed by atoms with Crippen molar-refractivity contribution in [3.8, 4) is 0 Å². The molecule has 0 saturated heterocycles. The molecule has 3 heteroatoms. The number of halogens is 2. The van der Waals surface area contributed by atoms with Crippen molar-refractivity contribution in [1.29, 1.82) is 0 Å². The molecule has 21 heavy (non-hydrogen) atoms. The summed E-state index contributed by atoms with van der Waals surface area (Å²) in [5.74, 6) is 0. The first-order chi connectivity index (χ1) is 9.92. The molecule has 1 nitrogen and oxygen atoms in total. The molecule has 1 unspecified atom stereocenters. The molecule has 2 aromatic rings. The molecule has 1 atom stereocenters. The lowest BCUT2D eigenvalue weighted by Gasteiger charge is -2.24. The van der Waals surface area contributed by atoms with Crippen LogP contribution in [0.3, 0.4) is 0 Å². The van der Waals surface area contributed by atoms with Gasteiger partial charge in [0.05, 0.1) is 6.04 Å². The van der Waals surface area contributed by atoms with E-state index in [-0.39, 0.29) is 6.04 Å². The Morgan fingerprint density at radius 3 is 1.90 bits per heavy atom. The molecule has 0 heterocycles. The second-order valence-electron chi connectivity index (χ2n) is 5.51. The van der Waals surface area contributed by atoms with Crippen LogP contribution in [-0.4, -0.2) is 6.54 Å². The second-order valence-corrected chi connectivity index (χ2v) is 7.34. The van der Waals surface area contributed by atoms with Gasteiger partial charge in [0, 0.05) is 8.95 Å². The third-order valence-electron chi connectivity index (χ3n) is 3.65. The number of hydrogen-bond acceptors (Lipinski definition) is 1. The van der Waals surface area contributed by atoms with E-state index in [0.717, 1.165) is 15.5 Å². The Bertz CT molecular complexity index is 606. The Morgan fingerprint density at radius 1 is 0.905 bits per heavy atom. The van der Waals surface area contributed by atoms with E-state index in [0.29, 0.717) is 0 Å². The largest absolute Gasteiger partial charge is 0.307 e. The summed E-state index contributed by atoms with van der Waals surface area (Å²) in [6, 6.07) is 11.2. The predicted molar refractivity (Wildman–Crippen MR) is 98.0 cm³/mol. The second kappa shape index (κ2) is 7.08. The molecule has 0 aromatic heterocycles. The summed E-state index contributed by atoms with van der Waals surface area (Å²) in [7, 11) is 0. The fraction of sp³-hybridized carbons (Fsp3) is 0.333. The van der Waals surface area contributed by atoms with Crippen molar-refractivity contribution >= 4 is 31.9 Å². The maximum atomic E-state index is 3.63. The fourth-order valence-corrected chi connectivity index (χ4v) is 4.31. The zero-order chi connectivity index (χ0) is 15.6. The average Bonchev–Trinajstić information content (AvgIpc) is 2.35. The first kappa shape index (κ1) is 16.7. The summed E-state index contributed by atoms with van der Waals surface area (Å²) < 4.78 is 2.19. The van der Waals surface area contributed by atoms with Gasteiger partial charge in [-0.2, -0.15) is 0 Å². The summed E-state index contributed by atoms with van der Waals surface area (Å²) in [5, 5.41) is 3.63. The van der Waals surface area contributed by atoms with Crippen LogP contribution in [0, 0.1) is 20.8 Å². The highest BCUT2D eigenvalue weighted by molar-refractivity contribution is 9.11. The predicted octanol–water partition coefficient (Wildman–Crippen LogP) is 5.84. The van der Waals surface area contributed by atoms with Crippen LogP contribution in [-0.2, 0) is 0 Å². The van der Waals surface area contributed by atoms with Gasteiger partial charge in [-0.05, 0) is 67.8 Å². The van der Waals surface area contributed by atoms with Gasteiger partial charge < -0.3 is 5.32 Å². The van der Waals surface area contributed by atoms with Crippen molar-refractivity contribution in [2.24, 2.45) is 0 Å². The monoisotopic (exact) mass is 409 g/mol. The molecule has 0 aliphatic heterocycles. The van der Waals surface area contributed by atoms with E-state index in [1.54, 1.807) is 0 Å². The lowest BCUT2D eigenvalue weighted by molar-refractivity contribution is 0.624. The van der Waals surface area contributed by atoms with Gasteiger partial charge in [0.1, 0.15) is 0 Å². The molecule has 2 rings (SSSR count). The topological polar surface area (TPSA) is 12.0 Å². The minimum absolute atomic E-state index is 0.212. The van der Waals surface area contributed by atoms with Gasteiger partial charge in [0.25, 0.3) is 0 Å².